The summed E-state index contributed by atoms with van der Waals surface area (Å²) in [6.07, 6.45) is 0.194. The fourth-order valence-corrected chi connectivity index (χ4v) is 3.82. The van der Waals surface area contributed by atoms with E-state index in [0.717, 1.165) is 22.0 Å². The molecule has 0 amide bonds. The molecule has 2 aromatic carbocycles. The van der Waals surface area contributed by atoms with Gasteiger partial charge in [0.05, 0.1) is 36.8 Å². The number of thiazole rings is 1. The summed E-state index contributed by atoms with van der Waals surface area (Å²) in [5.41, 5.74) is 1.91. The summed E-state index contributed by atoms with van der Waals surface area (Å²) in [6, 6.07) is 15.6. The minimum atomic E-state index is -0.206. The Balaban J connectivity index is 1.31. The van der Waals surface area contributed by atoms with E-state index < -0.39 is 0 Å². The van der Waals surface area contributed by atoms with Gasteiger partial charge in [0.1, 0.15) is 11.9 Å². The summed E-state index contributed by atoms with van der Waals surface area (Å²) in [5, 5.41) is 0.987. The third kappa shape index (κ3) is 3.44. The normalized spacial score (nSPS) is 14.4. The average Bonchev–Trinajstić information content (AvgIpc) is 3.01. The van der Waals surface area contributed by atoms with Gasteiger partial charge < -0.3 is 14.4 Å². The Morgan fingerprint density at radius 3 is 2.88 bits per heavy atom. The van der Waals surface area contributed by atoms with Crippen LogP contribution in [0.4, 0.5) is 5.13 Å². The minimum Gasteiger partial charge on any atom is -0.497 e. The van der Waals surface area contributed by atoms with E-state index in [-0.39, 0.29) is 18.5 Å². The van der Waals surface area contributed by atoms with Crippen molar-refractivity contribution in [3.63, 3.8) is 0 Å². The van der Waals surface area contributed by atoms with E-state index in [0.29, 0.717) is 13.1 Å². The molecule has 0 atom stereocenters. The summed E-state index contributed by atoms with van der Waals surface area (Å²) < 4.78 is 11.9. The first-order valence-electron chi connectivity index (χ1n) is 8.14. The molecule has 2 heterocycles. The van der Waals surface area contributed by atoms with Gasteiger partial charge in [-0.25, -0.2) is 4.98 Å². The second-order valence-corrected chi connectivity index (χ2v) is 7.02. The fourth-order valence-electron chi connectivity index (χ4n) is 2.84. The predicted octanol–water partition coefficient (Wildman–Crippen LogP) is 3.28. The molecule has 3 aromatic rings. The highest BCUT2D eigenvalue weighted by Gasteiger charge is 2.32. The molecule has 0 radical (unpaired) electrons. The van der Waals surface area contributed by atoms with Gasteiger partial charge in [-0.15, -0.1) is 0 Å². The number of ether oxygens (including phenoxy) is 2. The number of esters is 1. The largest absolute Gasteiger partial charge is 0.497 e. The number of methoxy groups -OCH3 is 1. The molecule has 1 aliphatic heterocycles. The van der Waals surface area contributed by atoms with Crippen LogP contribution in [0.5, 0.6) is 5.75 Å². The molecule has 0 aliphatic carbocycles. The van der Waals surface area contributed by atoms with Crippen molar-refractivity contribution in [3.05, 3.63) is 54.1 Å². The van der Waals surface area contributed by atoms with Crippen molar-refractivity contribution >= 4 is 32.7 Å². The third-order valence-electron chi connectivity index (χ3n) is 4.18. The first kappa shape index (κ1) is 15.9. The lowest BCUT2D eigenvalue weighted by Gasteiger charge is -2.38. The number of nitrogens with zero attached hydrogens (tertiary/aromatic N) is 2. The topological polar surface area (TPSA) is 51.7 Å². The van der Waals surface area contributed by atoms with Crippen LogP contribution >= 0.6 is 11.3 Å². The molecule has 0 N–H and O–H groups in total. The van der Waals surface area contributed by atoms with E-state index in [4.69, 9.17) is 9.47 Å². The zero-order valence-electron chi connectivity index (χ0n) is 13.8. The van der Waals surface area contributed by atoms with E-state index in [9.17, 15) is 4.79 Å². The fraction of sp³-hybridized carbons (Fsp3) is 0.263. The standard InChI is InChI=1S/C19H18N2O3S/c1-23-14-6-4-5-13(9-14)10-18(22)24-15-11-21(12-15)19-20-16-7-2-3-8-17(16)25-19/h2-9,15H,10-12H2,1H3. The molecule has 1 saturated heterocycles. The molecule has 1 aromatic heterocycles. The van der Waals surface area contributed by atoms with Gasteiger partial charge in [-0.05, 0) is 29.8 Å². The molecule has 128 valence electrons. The maximum Gasteiger partial charge on any atom is 0.310 e. The molecular weight excluding hydrogens is 336 g/mol. The van der Waals surface area contributed by atoms with Gasteiger partial charge in [0.2, 0.25) is 0 Å². The number of aromatic nitrogens is 1. The van der Waals surface area contributed by atoms with Crippen LogP contribution in [0.15, 0.2) is 48.5 Å². The Hall–Kier alpha value is -2.60. The molecule has 4 rings (SSSR count). The average molecular weight is 354 g/mol. The van der Waals surface area contributed by atoms with E-state index in [1.807, 2.05) is 42.5 Å². The van der Waals surface area contributed by atoms with Crippen molar-refractivity contribution in [1.82, 2.24) is 4.98 Å². The van der Waals surface area contributed by atoms with Crippen LogP contribution in [-0.2, 0) is 16.0 Å². The lowest BCUT2D eigenvalue weighted by Crippen LogP contribution is -2.53. The van der Waals surface area contributed by atoms with Crippen LogP contribution in [0, 0.1) is 0 Å². The number of hydrogen-bond donors (Lipinski definition) is 0. The van der Waals surface area contributed by atoms with Crippen LogP contribution in [-0.4, -0.2) is 37.3 Å². The van der Waals surface area contributed by atoms with E-state index in [1.165, 1.54) is 4.70 Å². The summed E-state index contributed by atoms with van der Waals surface area (Å²) in [6.45, 7) is 1.40. The van der Waals surface area contributed by atoms with Crippen LogP contribution < -0.4 is 9.64 Å². The van der Waals surface area contributed by atoms with Crippen LogP contribution in [0.25, 0.3) is 10.2 Å². The maximum absolute atomic E-state index is 12.1. The number of para-hydroxylation sites is 1. The van der Waals surface area contributed by atoms with Crippen molar-refractivity contribution in [1.29, 1.82) is 0 Å². The minimum absolute atomic E-state index is 0.0647. The van der Waals surface area contributed by atoms with Gasteiger partial charge in [-0.1, -0.05) is 35.6 Å². The predicted molar refractivity (Wildman–Crippen MR) is 98.4 cm³/mol. The Bertz CT molecular complexity index is 869. The Morgan fingerprint density at radius 2 is 2.08 bits per heavy atom. The van der Waals surface area contributed by atoms with Crippen LogP contribution in [0.3, 0.4) is 0 Å². The van der Waals surface area contributed by atoms with Crippen molar-refractivity contribution in [2.75, 3.05) is 25.1 Å². The first-order chi connectivity index (χ1) is 12.2. The van der Waals surface area contributed by atoms with Gasteiger partial charge in [0, 0.05) is 0 Å². The number of carbonyl (C=O) groups excluding carboxylic acids is 1. The second kappa shape index (κ2) is 6.72. The molecule has 1 fully saturated rings. The molecule has 0 bridgehead atoms. The molecule has 5 nitrogen and oxygen atoms in total. The van der Waals surface area contributed by atoms with E-state index >= 15 is 0 Å². The van der Waals surface area contributed by atoms with Gasteiger partial charge >= 0.3 is 5.97 Å². The smallest absolute Gasteiger partial charge is 0.310 e. The summed E-state index contributed by atoms with van der Waals surface area (Å²) in [5.74, 6) is 0.540. The van der Waals surface area contributed by atoms with Gasteiger partial charge in [0.25, 0.3) is 0 Å². The van der Waals surface area contributed by atoms with Gasteiger partial charge in [-0.3, -0.25) is 4.79 Å². The van der Waals surface area contributed by atoms with Crippen LogP contribution in [0.2, 0.25) is 0 Å². The number of fused-ring (bicyclic) bond motifs is 1. The number of anilines is 1. The van der Waals surface area contributed by atoms with Crippen molar-refractivity contribution < 1.29 is 14.3 Å². The summed E-state index contributed by atoms with van der Waals surface area (Å²) in [7, 11) is 1.61. The maximum atomic E-state index is 12.1. The SMILES string of the molecule is COc1cccc(CC(=O)OC2CN(c3nc4ccccc4s3)C2)c1. The highest BCUT2D eigenvalue weighted by atomic mass is 32.1. The number of hydrogen-bond acceptors (Lipinski definition) is 6. The third-order valence-corrected chi connectivity index (χ3v) is 5.28. The van der Waals surface area contributed by atoms with Crippen molar-refractivity contribution in [2.45, 2.75) is 12.5 Å². The highest BCUT2D eigenvalue weighted by Crippen LogP contribution is 2.31. The molecule has 6 heteroatoms. The second-order valence-electron chi connectivity index (χ2n) is 6.01. The Morgan fingerprint density at radius 1 is 1.24 bits per heavy atom. The number of benzene rings is 2. The number of rotatable bonds is 5. The van der Waals surface area contributed by atoms with E-state index in [2.05, 4.69) is 16.0 Å². The summed E-state index contributed by atoms with van der Waals surface area (Å²) >= 11 is 1.67. The van der Waals surface area contributed by atoms with Crippen molar-refractivity contribution in [3.8, 4) is 5.75 Å². The summed E-state index contributed by atoms with van der Waals surface area (Å²) in [4.78, 5) is 18.9. The molecule has 0 unspecified atom stereocenters. The number of carbonyl (C=O) groups is 1. The molecule has 25 heavy (non-hydrogen) atoms. The van der Waals surface area contributed by atoms with Crippen LogP contribution in [0.1, 0.15) is 5.56 Å². The van der Waals surface area contributed by atoms with Crippen molar-refractivity contribution in [2.24, 2.45) is 0 Å². The lowest BCUT2D eigenvalue weighted by molar-refractivity contribution is -0.149. The van der Waals surface area contributed by atoms with Gasteiger partial charge in [-0.2, -0.15) is 0 Å². The first-order valence-corrected chi connectivity index (χ1v) is 8.96. The van der Waals surface area contributed by atoms with Gasteiger partial charge in [0.15, 0.2) is 5.13 Å². The molecule has 1 aliphatic rings. The zero-order chi connectivity index (χ0) is 17.2. The quantitative estimate of drug-likeness (QED) is 0.658. The Labute approximate surface area is 149 Å². The highest BCUT2D eigenvalue weighted by molar-refractivity contribution is 7.22. The Kier molecular flexibility index (Phi) is 4.28. The molecule has 0 saturated carbocycles. The molecular formula is C19H18N2O3S. The monoisotopic (exact) mass is 354 g/mol. The zero-order valence-corrected chi connectivity index (χ0v) is 14.7. The lowest BCUT2D eigenvalue weighted by atomic mass is 10.1. The molecule has 0 spiro atoms. The van der Waals surface area contributed by atoms with E-state index in [1.54, 1.807) is 18.4 Å².